The SMILES string of the molecule is CC(=O)c1ccnc(-c2ccccn2)c1.CCCCC. The fourth-order valence-electron chi connectivity index (χ4n) is 1.66. The first-order valence-electron chi connectivity index (χ1n) is 7.07. The number of aromatic nitrogens is 2. The van der Waals surface area contributed by atoms with Crippen molar-refractivity contribution in [3.05, 3.63) is 48.3 Å². The fraction of sp³-hybridized carbons (Fsp3) is 0.353. The van der Waals surface area contributed by atoms with Crippen LogP contribution in [0.5, 0.6) is 0 Å². The van der Waals surface area contributed by atoms with Crippen LogP contribution in [0.25, 0.3) is 11.4 Å². The van der Waals surface area contributed by atoms with Crippen molar-refractivity contribution in [1.29, 1.82) is 0 Å². The van der Waals surface area contributed by atoms with Crippen LogP contribution >= 0.6 is 0 Å². The average molecular weight is 270 g/mol. The second-order valence-corrected chi connectivity index (χ2v) is 4.55. The highest BCUT2D eigenvalue weighted by Gasteiger charge is 2.03. The number of Topliss-reactive ketones (excluding diaryl/α,β-unsaturated/α-hetero) is 1. The van der Waals surface area contributed by atoms with Crippen molar-refractivity contribution in [3.63, 3.8) is 0 Å². The van der Waals surface area contributed by atoms with E-state index in [4.69, 9.17) is 0 Å². The maximum Gasteiger partial charge on any atom is 0.159 e. The monoisotopic (exact) mass is 270 g/mol. The third-order valence-corrected chi connectivity index (χ3v) is 2.80. The standard InChI is InChI=1S/C12H10N2O.C5H12/c1-9(15)10-5-7-14-12(8-10)11-4-2-3-6-13-11;1-3-5-4-2/h2-8H,1H3;3-5H2,1-2H3. The zero-order chi connectivity index (χ0) is 14.8. The molecule has 0 fully saturated rings. The summed E-state index contributed by atoms with van der Waals surface area (Å²) in [5.41, 5.74) is 2.16. The molecule has 2 aromatic rings. The van der Waals surface area contributed by atoms with E-state index in [-0.39, 0.29) is 5.78 Å². The van der Waals surface area contributed by atoms with Crippen molar-refractivity contribution in [2.24, 2.45) is 0 Å². The van der Waals surface area contributed by atoms with Gasteiger partial charge in [-0.25, -0.2) is 0 Å². The predicted octanol–water partition coefficient (Wildman–Crippen LogP) is 4.54. The van der Waals surface area contributed by atoms with Crippen molar-refractivity contribution >= 4 is 5.78 Å². The molecular formula is C17H22N2O. The molecule has 0 amide bonds. The summed E-state index contributed by atoms with van der Waals surface area (Å²) >= 11 is 0. The number of ketones is 1. The van der Waals surface area contributed by atoms with E-state index in [9.17, 15) is 4.79 Å². The van der Waals surface area contributed by atoms with Crippen molar-refractivity contribution < 1.29 is 4.79 Å². The third kappa shape index (κ3) is 5.31. The number of carbonyl (C=O) groups excluding carboxylic acids is 1. The predicted molar refractivity (Wildman–Crippen MR) is 82.7 cm³/mol. The van der Waals surface area contributed by atoms with Gasteiger partial charge in [0, 0.05) is 18.0 Å². The Bertz CT molecular complexity index is 522. The Kier molecular flexibility index (Phi) is 7.18. The van der Waals surface area contributed by atoms with Gasteiger partial charge < -0.3 is 0 Å². The molecule has 0 radical (unpaired) electrons. The third-order valence-electron chi connectivity index (χ3n) is 2.80. The lowest BCUT2D eigenvalue weighted by molar-refractivity contribution is 0.101. The number of pyridine rings is 2. The molecule has 0 aromatic carbocycles. The lowest BCUT2D eigenvalue weighted by Crippen LogP contribution is -1.94. The van der Waals surface area contributed by atoms with Gasteiger partial charge in [-0.15, -0.1) is 0 Å². The van der Waals surface area contributed by atoms with Crippen LogP contribution in [0.2, 0.25) is 0 Å². The minimum atomic E-state index is 0.0366. The second-order valence-electron chi connectivity index (χ2n) is 4.55. The molecule has 0 aliphatic carbocycles. The number of rotatable bonds is 4. The first kappa shape index (κ1) is 16.0. The molecule has 3 heteroatoms. The van der Waals surface area contributed by atoms with Gasteiger partial charge in [-0.2, -0.15) is 0 Å². The van der Waals surface area contributed by atoms with E-state index in [1.54, 1.807) is 24.5 Å². The molecule has 2 aromatic heterocycles. The Morgan fingerprint density at radius 3 is 2.20 bits per heavy atom. The van der Waals surface area contributed by atoms with Crippen LogP contribution in [0.15, 0.2) is 42.7 Å². The Labute approximate surface area is 121 Å². The maximum atomic E-state index is 11.2. The Morgan fingerprint density at radius 1 is 1.00 bits per heavy atom. The molecule has 0 atom stereocenters. The highest BCUT2D eigenvalue weighted by molar-refractivity contribution is 5.94. The smallest absolute Gasteiger partial charge is 0.159 e. The van der Waals surface area contributed by atoms with Gasteiger partial charge in [-0.1, -0.05) is 39.2 Å². The number of carbonyl (C=O) groups is 1. The van der Waals surface area contributed by atoms with Crippen LogP contribution in [0, 0.1) is 0 Å². The molecule has 2 heterocycles. The molecule has 0 saturated heterocycles. The van der Waals surface area contributed by atoms with Crippen LogP contribution in [0.3, 0.4) is 0 Å². The van der Waals surface area contributed by atoms with Crippen LogP contribution in [-0.4, -0.2) is 15.8 Å². The highest BCUT2D eigenvalue weighted by Crippen LogP contribution is 2.14. The number of nitrogens with zero attached hydrogens (tertiary/aromatic N) is 2. The van der Waals surface area contributed by atoms with Gasteiger partial charge in [0.15, 0.2) is 5.78 Å². The summed E-state index contributed by atoms with van der Waals surface area (Å²) in [5, 5.41) is 0. The van der Waals surface area contributed by atoms with Gasteiger partial charge in [0.2, 0.25) is 0 Å². The summed E-state index contributed by atoms with van der Waals surface area (Å²) < 4.78 is 0. The van der Waals surface area contributed by atoms with E-state index in [1.165, 1.54) is 26.2 Å². The molecule has 0 bridgehead atoms. The van der Waals surface area contributed by atoms with E-state index in [0.29, 0.717) is 5.56 Å². The molecule has 106 valence electrons. The molecule has 0 aliphatic rings. The average Bonchev–Trinajstić information content (AvgIpc) is 2.50. The number of hydrogen-bond acceptors (Lipinski definition) is 3. The molecular weight excluding hydrogens is 248 g/mol. The first-order chi connectivity index (χ1) is 9.69. The van der Waals surface area contributed by atoms with Gasteiger partial charge in [0.1, 0.15) is 0 Å². The summed E-state index contributed by atoms with van der Waals surface area (Å²) in [4.78, 5) is 19.5. The summed E-state index contributed by atoms with van der Waals surface area (Å²) in [5.74, 6) is 0.0366. The normalized spacial score (nSPS) is 9.55. The fourth-order valence-corrected chi connectivity index (χ4v) is 1.66. The quantitative estimate of drug-likeness (QED) is 0.766. The van der Waals surface area contributed by atoms with Crippen molar-refractivity contribution in [3.8, 4) is 11.4 Å². The zero-order valence-electron chi connectivity index (χ0n) is 12.5. The number of hydrogen-bond donors (Lipinski definition) is 0. The molecule has 3 nitrogen and oxygen atoms in total. The minimum absolute atomic E-state index is 0.0366. The van der Waals surface area contributed by atoms with Gasteiger partial charge in [-0.05, 0) is 31.2 Å². The minimum Gasteiger partial charge on any atom is -0.295 e. The second kappa shape index (κ2) is 8.97. The van der Waals surface area contributed by atoms with Crippen molar-refractivity contribution in [2.75, 3.05) is 0 Å². The summed E-state index contributed by atoms with van der Waals surface area (Å²) in [6.07, 6.45) is 7.41. The van der Waals surface area contributed by atoms with Crippen LogP contribution in [0.4, 0.5) is 0 Å². The first-order valence-corrected chi connectivity index (χ1v) is 7.07. The zero-order valence-corrected chi connectivity index (χ0v) is 12.5. The molecule has 0 aliphatic heterocycles. The topological polar surface area (TPSA) is 42.9 Å². The highest BCUT2D eigenvalue weighted by atomic mass is 16.1. The lowest BCUT2D eigenvalue weighted by Gasteiger charge is -2.00. The van der Waals surface area contributed by atoms with Gasteiger partial charge in [0.25, 0.3) is 0 Å². The summed E-state index contributed by atoms with van der Waals surface area (Å²) in [6, 6.07) is 9.06. The van der Waals surface area contributed by atoms with Gasteiger partial charge in [-0.3, -0.25) is 14.8 Å². The van der Waals surface area contributed by atoms with Crippen LogP contribution in [-0.2, 0) is 0 Å². The molecule has 0 unspecified atom stereocenters. The molecule has 0 N–H and O–H groups in total. The van der Waals surface area contributed by atoms with Crippen LogP contribution < -0.4 is 0 Å². The van der Waals surface area contributed by atoms with Crippen molar-refractivity contribution in [2.45, 2.75) is 40.0 Å². The summed E-state index contributed by atoms with van der Waals surface area (Å²) in [6.45, 7) is 5.96. The molecule has 0 spiro atoms. The van der Waals surface area contributed by atoms with Gasteiger partial charge >= 0.3 is 0 Å². The summed E-state index contributed by atoms with van der Waals surface area (Å²) in [7, 11) is 0. The largest absolute Gasteiger partial charge is 0.295 e. The van der Waals surface area contributed by atoms with E-state index < -0.39 is 0 Å². The van der Waals surface area contributed by atoms with E-state index in [0.717, 1.165) is 11.4 Å². The van der Waals surface area contributed by atoms with Crippen molar-refractivity contribution in [1.82, 2.24) is 9.97 Å². The van der Waals surface area contributed by atoms with Crippen LogP contribution in [0.1, 0.15) is 50.4 Å². The van der Waals surface area contributed by atoms with E-state index in [1.807, 2.05) is 18.2 Å². The Morgan fingerprint density at radius 2 is 1.70 bits per heavy atom. The number of unbranched alkanes of at least 4 members (excludes halogenated alkanes) is 2. The molecule has 0 saturated carbocycles. The molecule has 20 heavy (non-hydrogen) atoms. The lowest BCUT2D eigenvalue weighted by atomic mass is 10.1. The Balaban J connectivity index is 0.000000347. The maximum absolute atomic E-state index is 11.2. The Hall–Kier alpha value is -2.03. The van der Waals surface area contributed by atoms with E-state index >= 15 is 0 Å². The van der Waals surface area contributed by atoms with Gasteiger partial charge in [0.05, 0.1) is 11.4 Å². The van der Waals surface area contributed by atoms with E-state index in [2.05, 4.69) is 23.8 Å². The molecule has 2 rings (SSSR count).